The number of nitrogens with zero attached hydrogens (tertiary/aromatic N) is 2. The minimum atomic E-state index is -0.165. The SMILES string of the molecule is C.CC(C)(c1ccc(O)cc1)c1ccc(O)cc1.Cc1cccc(N)c1.Cc1cccc(N2COc3ccc(C(C)(C)c4ccc5c(c4)CN(c4cccc(C)c4)CO5)cc3C2)c1. The van der Waals surface area contributed by atoms with E-state index in [2.05, 4.69) is 136 Å². The summed E-state index contributed by atoms with van der Waals surface area (Å²) in [6.07, 6.45) is 0. The Kier molecular flexibility index (Phi) is 14.1. The van der Waals surface area contributed by atoms with E-state index in [1.807, 2.05) is 55.5 Å². The zero-order valence-corrected chi connectivity index (χ0v) is 37.0. The first-order valence-electron chi connectivity index (χ1n) is 21.2. The van der Waals surface area contributed by atoms with Gasteiger partial charge in [0.05, 0.1) is 0 Å². The van der Waals surface area contributed by atoms with Crippen LogP contribution in [-0.4, -0.2) is 23.7 Å². The molecular formula is C56H63N3O4. The van der Waals surface area contributed by atoms with E-state index < -0.39 is 0 Å². The average molecular weight is 842 g/mol. The number of hydrogen-bond donors (Lipinski definition) is 3. The van der Waals surface area contributed by atoms with E-state index in [0.717, 1.165) is 41.4 Å². The van der Waals surface area contributed by atoms with Crippen LogP contribution in [0.2, 0.25) is 0 Å². The molecule has 0 fully saturated rings. The zero-order valence-electron chi connectivity index (χ0n) is 37.0. The van der Waals surface area contributed by atoms with Crippen LogP contribution in [0.3, 0.4) is 0 Å². The van der Waals surface area contributed by atoms with Crippen molar-refractivity contribution in [3.05, 3.63) is 208 Å². The maximum atomic E-state index is 9.30. The standard InChI is InChI=1S/C33H34N2O2.C15H16O2.C7H9N.CH4/c1-23-7-5-9-29(15-23)34-19-25-17-27(11-13-31(25)36-21-34)33(3,4)28-12-14-32-26(18-28)20-35(22-37-32)30-10-6-8-24(2)16-30;1-15(2,11-3-7-13(16)8-4-11)12-5-9-14(17)10-6-12;1-6-3-2-4-7(8)5-6;/h5-18H,19-22H2,1-4H3;3-10,16-17H,1-2H3;2-5H,8H2,1H3;1H4. The summed E-state index contributed by atoms with van der Waals surface area (Å²) in [4.78, 5) is 4.59. The van der Waals surface area contributed by atoms with Crippen LogP contribution in [0.5, 0.6) is 23.0 Å². The highest BCUT2D eigenvalue weighted by atomic mass is 16.5. The monoisotopic (exact) mass is 841 g/mol. The van der Waals surface area contributed by atoms with Gasteiger partial charge >= 0.3 is 0 Å². The Morgan fingerprint density at radius 3 is 1.19 bits per heavy atom. The van der Waals surface area contributed by atoms with E-state index in [1.165, 1.54) is 50.3 Å². The van der Waals surface area contributed by atoms with Gasteiger partial charge in [0, 0.05) is 52.1 Å². The number of phenolic OH excluding ortho intramolecular Hbond substituents is 2. The molecule has 7 nitrogen and oxygen atoms in total. The molecule has 0 radical (unpaired) electrons. The molecule has 0 bridgehead atoms. The van der Waals surface area contributed by atoms with Gasteiger partial charge in [-0.2, -0.15) is 0 Å². The number of nitrogens with two attached hydrogens (primary N) is 1. The third kappa shape index (κ3) is 11.0. The maximum absolute atomic E-state index is 9.30. The molecule has 0 aromatic heterocycles. The number of anilines is 3. The van der Waals surface area contributed by atoms with Gasteiger partial charge in [-0.25, -0.2) is 0 Å². The first kappa shape index (κ1) is 45.7. The third-order valence-electron chi connectivity index (χ3n) is 12.0. The maximum Gasteiger partial charge on any atom is 0.161 e. The Morgan fingerprint density at radius 2 is 0.825 bits per heavy atom. The van der Waals surface area contributed by atoms with Gasteiger partial charge in [-0.15, -0.1) is 0 Å². The lowest BCUT2D eigenvalue weighted by Gasteiger charge is -2.34. The van der Waals surface area contributed by atoms with Crippen molar-refractivity contribution in [2.45, 2.75) is 79.8 Å². The van der Waals surface area contributed by atoms with Crippen molar-refractivity contribution in [2.24, 2.45) is 0 Å². The number of rotatable bonds is 6. The van der Waals surface area contributed by atoms with Gasteiger partial charge in [0.1, 0.15) is 23.0 Å². The molecule has 2 aliphatic rings. The first-order chi connectivity index (χ1) is 29.6. The van der Waals surface area contributed by atoms with Crippen molar-refractivity contribution in [1.82, 2.24) is 0 Å². The highest BCUT2D eigenvalue weighted by molar-refractivity contribution is 5.56. The quantitative estimate of drug-likeness (QED) is 0.144. The van der Waals surface area contributed by atoms with Gasteiger partial charge < -0.3 is 35.2 Å². The van der Waals surface area contributed by atoms with Gasteiger partial charge in [0.25, 0.3) is 0 Å². The van der Waals surface area contributed by atoms with Crippen LogP contribution in [-0.2, 0) is 23.9 Å². The minimum Gasteiger partial charge on any atom is -0.508 e. The van der Waals surface area contributed by atoms with Crippen LogP contribution >= 0.6 is 0 Å². The lowest BCUT2D eigenvalue weighted by molar-refractivity contribution is 0.288. The number of hydrogen-bond acceptors (Lipinski definition) is 7. The largest absolute Gasteiger partial charge is 0.508 e. The molecule has 0 atom stereocenters. The van der Waals surface area contributed by atoms with Gasteiger partial charge in [0.2, 0.25) is 0 Å². The zero-order chi connectivity index (χ0) is 44.0. The Balaban J connectivity index is 0.000000209. The molecule has 63 heavy (non-hydrogen) atoms. The van der Waals surface area contributed by atoms with Gasteiger partial charge in [0.15, 0.2) is 13.5 Å². The highest BCUT2D eigenvalue weighted by Crippen LogP contribution is 2.39. The van der Waals surface area contributed by atoms with Crippen LogP contribution in [0.4, 0.5) is 17.1 Å². The summed E-state index contributed by atoms with van der Waals surface area (Å²) in [6.45, 7) is 18.0. The first-order valence-corrected chi connectivity index (χ1v) is 21.2. The summed E-state index contributed by atoms with van der Waals surface area (Å²) in [7, 11) is 0. The second kappa shape index (κ2) is 19.5. The molecule has 9 rings (SSSR count). The van der Waals surface area contributed by atoms with Gasteiger partial charge in [-0.1, -0.05) is 108 Å². The van der Waals surface area contributed by atoms with E-state index in [-0.39, 0.29) is 29.8 Å². The number of ether oxygens (including phenoxy) is 2. The topological polar surface area (TPSA) is 91.4 Å². The van der Waals surface area contributed by atoms with Gasteiger partial charge in [-0.05, 0) is 145 Å². The van der Waals surface area contributed by atoms with Crippen molar-refractivity contribution in [3.8, 4) is 23.0 Å². The summed E-state index contributed by atoms with van der Waals surface area (Å²) >= 11 is 0. The van der Waals surface area contributed by atoms with Crippen LogP contribution in [0.15, 0.2) is 158 Å². The highest BCUT2D eigenvalue weighted by Gasteiger charge is 2.29. The Bertz CT molecular complexity index is 2440. The second-order valence-corrected chi connectivity index (χ2v) is 17.5. The molecule has 2 aliphatic heterocycles. The van der Waals surface area contributed by atoms with Gasteiger partial charge in [-0.3, -0.25) is 0 Å². The van der Waals surface area contributed by atoms with Crippen molar-refractivity contribution < 1.29 is 19.7 Å². The average Bonchev–Trinajstić information content (AvgIpc) is 3.26. The fourth-order valence-corrected chi connectivity index (χ4v) is 8.00. The Morgan fingerprint density at radius 1 is 0.460 bits per heavy atom. The predicted octanol–water partition coefficient (Wildman–Crippen LogP) is 13.0. The van der Waals surface area contributed by atoms with Crippen molar-refractivity contribution in [1.29, 1.82) is 0 Å². The minimum absolute atomic E-state index is 0. The fraction of sp³-hybridized carbons (Fsp3) is 0.250. The molecule has 0 spiro atoms. The molecule has 7 aromatic rings. The molecule has 0 aliphatic carbocycles. The molecule has 2 heterocycles. The van der Waals surface area contributed by atoms with Crippen LogP contribution in [0, 0.1) is 20.8 Å². The Hall–Kier alpha value is -6.86. The third-order valence-corrected chi connectivity index (χ3v) is 12.0. The lowest BCUT2D eigenvalue weighted by atomic mass is 9.77. The lowest BCUT2D eigenvalue weighted by Crippen LogP contribution is -2.33. The van der Waals surface area contributed by atoms with Crippen LogP contribution < -0.4 is 25.0 Å². The van der Waals surface area contributed by atoms with Crippen LogP contribution in [0.1, 0.15) is 85.2 Å². The summed E-state index contributed by atoms with van der Waals surface area (Å²) in [6, 6.07) is 52.8. The van der Waals surface area contributed by atoms with E-state index in [1.54, 1.807) is 24.3 Å². The van der Waals surface area contributed by atoms with E-state index in [0.29, 0.717) is 13.5 Å². The Labute approximate surface area is 375 Å². The smallest absolute Gasteiger partial charge is 0.161 e. The van der Waals surface area contributed by atoms with Crippen molar-refractivity contribution in [2.75, 3.05) is 29.0 Å². The van der Waals surface area contributed by atoms with Crippen LogP contribution in [0.25, 0.3) is 0 Å². The number of benzene rings is 7. The number of phenols is 2. The molecule has 0 saturated heterocycles. The van der Waals surface area contributed by atoms with E-state index in [9.17, 15) is 10.2 Å². The molecule has 326 valence electrons. The number of fused-ring (bicyclic) bond motifs is 2. The summed E-state index contributed by atoms with van der Waals surface area (Å²) < 4.78 is 12.3. The summed E-state index contributed by atoms with van der Waals surface area (Å²) in [5, 5.41) is 18.6. The van der Waals surface area contributed by atoms with E-state index in [4.69, 9.17) is 15.2 Å². The molecule has 7 heteroatoms. The summed E-state index contributed by atoms with van der Waals surface area (Å²) in [5.74, 6) is 2.51. The molecule has 0 saturated carbocycles. The second-order valence-electron chi connectivity index (χ2n) is 17.5. The fourth-order valence-electron chi connectivity index (χ4n) is 8.00. The van der Waals surface area contributed by atoms with Crippen molar-refractivity contribution in [3.63, 3.8) is 0 Å². The molecule has 7 aromatic carbocycles. The van der Waals surface area contributed by atoms with E-state index >= 15 is 0 Å². The molecule has 4 N–H and O–H groups in total. The molecular weight excluding hydrogens is 779 g/mol. The number of aryl methyl sites for hydroxylation is 3. The predicted molar refractivity (Wildman–Crippen MR) is 261 cm³/mol. The molecule has 0 amide bonds. The number of aromatic hydroxyl groups is 2. The normalized spacial score (nSPS) is 13.0. The molecule has 0 unspecified atom stereocenters. The number of nitrogen functional groups attached to an aromatic ring is 1. The summed E-state index contributed by atoms with van der Waals surface area (Å²) in [5.41, 5.74) is 19.4. The van der Waals surface area contributed by atoms with Crippen molar-refractivity contribution >= 4 is 17.1 Å².